The van der Waals surface area contributed by atoms with Crippen LogP contribution in [0.4, 0.5) is 5.69 Å². The molecule has 1 saturated carbocycles. The number of anilines is 1. The van der Waals surface area contributed by atoms with Crippen molar-refractivity contribution < 1.29 is 19.5 Å². The minimum Gasteiger partial charge on any atom is -0.481 e. The van der Waals surface area contributed by atoms with Crippen molar-refractivity contribution >= 4 is 23.5 Å². The van der Waals surface area contributed by atoms with E-state index in [1.54, 1.807) is 39.2 Å². The van der Waals surface area contributed by atoms with Crippen LogP contribution < -0.4 is 5.32 Å². The Labute approximate surface area is 160 Å². The van der Waals surface area contributed by atoms with Crippen molar-refractivity contribution in [2.24, 2.45) is 11.3 Å². The Morgan fingerprint density at radius 3 is 2.37 bits per heavy atom. The number of nitrogens with one attached hydrogen (secondary N) is 1. The molecule has 2 N–H and O–H groups in total. The molecule has 27 heavy (non-hydrogen) atoms. The van der Waals surface area contributed by atoms with Crippen molar-refractivity contribution in [2.45, 2.75) is 52.4 Å². The molecule has 1 aliphatic carbocycles. The highest BCUT2D eigenvalue weighted by molar-refractivity contribution is 6.00. The number of nitrogens with zero attached hydrogens (tertiary/aromatic N) is 1. The first-order valence-corrected chi connectivity index (χ1v) is 9.50. The van der Waals surface area contributed by atoms with Gasteiger partial charge in [0, 0.05) is 25.3 Å². The predicted octanol–water partition coefficient (Wildman–Crippen LogP) is 3.70. The number of aliphatic carboxylic acids is 1. The Morgan fingerprint density at radius 1 is 1.19 bits per heavy atom. The molecular formula is C21H30N2O4. The predicted molar refractivity (Wildman–Crippen MR) is 105 cm³/mol. The Kier molecular flexibility index (Phi) is 6.63. The van der Waals surface area contributed by atoms with Crippen LogP contribution in [-0.4, -0.2) is 41.9 Å². The van der Waals surface area contributed by atoms with Gasteiger partial charge in [0.05, 0.1) is 11.8 Å². The standard InChI is InChI=1S/C21H30N2O4/c1-14-10-11-16(12-17(14)19(26)23(3)4)22-20(27)21(2,13-18(24)25)15-8-6-5-7-9-15/h10-12,15H,5-9,13H2,1-4H3,(H,22,27)(H,24,25). The molecular weight excluding hydrogens is 344 g/mol. The lowest BCUT2D eigenvalue weighted by Crippen LogP contribution is -2.42. The number of amides is 2. The monoisotopic (exact) mass is 374 g/mol. The van der Waals surface area contributed by atoms with Crippen LogP contribution in [0.5, 0.6) is 0 Å². The van der Waals surface area contributed by atoms with Gasteiger partial charge >= 0.3 is 5.97 Å². The molecule has 1 atom stereocenters. The molecule has 2 rings (SSSR count). The van der Waals surface area contributed by atoms with Gasteiger partial charge < -0.3 is 15.3 Å². The van der Waals surface area contributed by atoms with Gasteiger partial charge in [-0.1, -0.05) is 25.3 Å². The number of rotatable bonds is 6. The number of hydrogen-bond donors (Lipinski definition) is 2. The smallest absolute Gasteiger partial charge is 0.304 e. The highest BCUT2D eigenvalue weighted by atomic mass is 16.4. The molecule has 2 amide bonds. The first-order valence-electron chi connectivity index (χ1n) is 9.50. The average Bonchev–Trinajstić information content (AvgIpc) is 2.62. The number of carbonyl (C=O) groups excluding carboxylic acids is 2. The first-order chi connectivity index (χ1) is 12.6. The van der Waals surface area contributed by atoms with Gasteiger partial charge in [0.1, 0.15) is 0 Å². The summed E-state index contributed by atoms with van der Waals surface area (Å²) in [5.41, 5.74) is 0.897. The Bertz CT molecular complexity index is 723. The number of carbonyl (C=O) groups is 3. The Balaban J connectivity index is 2.28. The fourth-order valence-corrected chi connectivity index (χ4v) is 3.91. The number of carboxylic acids is 1. The van der Waals surface area contributed by atoms with E-state index in [1.165, 1.54) is 4.90 Å². The van der Waals surface area contributed by atoms with Gasteiger partial charge in [0.15, 0.2) is 0 Å². The van der Waals surface area contributed by atoms with Crippen LogP contribution in [0.25, 0.3) is 0 Å². The van der Waals surface area contributed by atoms with E-state index in [0.717, 1.165) is 37.7 Å². The molecule has 1 aromatic carbocycles. The van der Waals surface area contributed by atoms with E-state index in [0.29, 0.717) is 11.3 Å². The van der Waals surface area contributed by atoms with Gasteiger partial charge in [0.25, 0.3) is 5.91 Å². The van der Waals surface area contributed by atoms with Gasteiger partial charge in [-0.15, -0.1) is 0 Å². The quantitative estimate of drug-likeness (QED) is 0.795. The highest BCUT2D eigenvalue weighted by Gasteiger charge is 2.43. The summed E-state index contributed by atoms with van der Waals surface area (Å²) in [6.07, 6.45) is 4.73. The lowest BCUT2D eigenvalue weighted by atomic mass is 9.67. The molecule has 1 aliphatic rings. The molecule has 148 valence electrons. The van der Waals surface area contributed by atoms with E-state index in [9.17, 15) is 19.5 Å². The molecule has 0 spiro atoms. The second-order valence-electron chi connectivity index (χ2n) is 8.01. The Morgan fingerprint density at radius 2 is 1.81 bits per heavy atom. The van der Waals surface area contributed by atoms with Crippen LogP contribution in [-0.2, 0) is 9.59 Å². The van der Waals surface area contributed by atoms with Gasteiger partial charge in [-0.2, -0.15) is 0 Å². The third-order valence-electron chi connectivity index (χ3n) is 5.68. The fraction of sp³-hybridized carbons (Fsp3) is 0.571. The van der Waals surface area contributed by atoms with Crippen molar-refractivity contribution in [1.29, 1.82) is 0 Å². The molecule has 0 saturated heterocycles. The second-order valence-corrected chi connectivity index (χ2v) is 8.01. The van der Waals surface area contributed by atoms with Crippen LogP contribution in [0.1, 0.15) is 61.4 Å². The number of benzene rings is 1. The van der Waals surface area contributed by atoms with Crippen molar-refractivity contribution in [3.8, 4) is 0 Å². The fourth-order valence-electron chi connectivity index (χ4n) is 3.91. The molecule has 0 radical (unpaired) electrons. The van der Waals surface area contributed by atoms with Crippen molar-refractivity contribution in [1.82, 2.24) is 4.90 Å². The molecule has 1 unspecified atom stereocenters. The zero-order chi connectivity index (χ0) is 20.2. The zero-order valence-corrected chi connectivity index (χ0v) is 16.7. The van der Waals surface area contributed by atoms with E-state index >= 15 is 0 Å². The zero-order valence-electron chi connectivity index (χ0n) is 16.7. The first kappa shape index (κ1) is 20.9. The maximum Gasteiger partial charge on any atom is 0.304 e. The van der Waals surface area contributed by atoms with Crippen LogP contribution in [0.15, 0.2) is 18.2 Å². The summed E-state index contributed by atoms with van der Waals surface area (Å²) < 4.78 is 0. The van der Waals surface area contributed by atoms with Crippen molar-refractivity contribution in [2.75, 3.05) is 19.4 Å². The van der Waals surface area contributed by atoms with Crippen LogP contribution >= 0.6 is 0 Å². The molecule has 6 heteroatoms. The molecule has 6 nitrogen and oxygen atoms in total. The van der Waals surface area contributed by atoms with Crippen LogP contribution in [0.2, 0.25) is 0 Å². The third kappa shape index (κ3) is 4.87. The molecule has 0 aromatic heterocycles. The summed E-state index contributed by atoms with van der Waals surface area (Å²) in [6, 6.07) is 5.21. The number of aryl methyl sites for hydroxylation is 1. The lowest BCUT2D eigenvalue weighted by Gasteiger charge is -2.37. The van der Waals surface area contributed by atoms with Crippen molar-refractivity contribution in [3.63, 3.8) is 0 Å². The summed E-state index contributed by atoms with van der Waals surface area (Å²) in [7, 11) is 3.36. The molecule has 1 aromatic rings. The summed E-state index contributed by atoms with van der Waals surface area (Å²) in [4.78, 5) is 38.4. The lowest BCUT2D eigenvalue weighted by molar-refractivity contribution is -0.145. The molecule has 1 fully saturated rings. The van der Waals surface area contributed by atoms with E-state index in [4.69, 9.17) is 0 Å². The average molecular weight is 374 g/mol. The summed E-state index contributed by atoms with van der Waals surface area (Å²) >= 11 is 0. The Hall–Kier alpha value is -2.37. The summed E-state index contributed by atoms with van der Waals surface area (Å²) in [5.74, 6) is -1.34. The van der Waals surface area contributed by atoms with Gasteiger partial charge in [-0.3, -0.25) is 14.4 Å². The number of carboxylic acid groups (broad SMARTS) is 1. The van der Waals surface area contributed by atoms with Crippen LogP contribution in [0, 0.1) is 18.3 Å². The van der Waals surface area contributed by atoms with E-state index < -0.39 is 11.4 Å². The topological polar surface area (TPSA) is 86.7 Å². The van der Waals surface area contributed by atoms with E-state index in [1.807, 2.05) is 6.92 Å². The molecule has 0 heterocycles. The van der Waals surface area contributed by atoms with E-state index in [2.05, 4.69) is 5.32 Å². The summed E-state index contributed by atoms with van der Waals surface area (Å²) in [5, 5.41) is 12.3. The van der Waals surface area contributed by atoms with Gasteiger partial charge in [-0.25, -0.2) is 0 Å². The maximum absolute atomic E-state index is 13.1. The van der Waals surface area contributed by atoms with Crippen molar-refractivity contribution in [3.05, 3.63) is 29.3 Å². The van der Waals surface area contributed by atoms with Gasteiger partial charge in [-0.05, 0) is 50.3 Å². The minimum atomic E-state index is -0.969. The molecule has 0 bridgehead atoms. The largest absolute Gasteiger partial charge is 0.481 e. The van der Waals surface area contributed by atoms with Gasteiger partial charge in [0.2, 0.25) is 5.91 Å². The normalized spacial score (nSPS) is 17.0. The number of hydrogen-bond acceptors (Lipinski definition) is 3. The summed E-state index contributed by atoms with van der Waals surface area (Å²) in [6.45, 7) is 3.60. The maximum atomic E-state index is 13.1. The second kappa shape index (κ2) is 8.55. The molecule has 0 aliphatic heterocycles. The van der Waals surface area contributed by atoms with E-state index in [-0.39, 0.29) is 24.2 Å². The highest BCUT2D eigenvalue weighted by Crippen LogP contribution is 2.42. The van der Waals surface area contributed by atoms with Crippen LogP contribution in [0.3, 0.4) is 0 Å². The third-order valence-corrected chi connectivity index (χ3v) is 5.68. The SMILES string of the molecule is Cc1ccc(NC(=O)C(C)(CC(=O)O)C2CCCCC2)cc1C(=O)N(C)C. The minimum absolute atomic E-state index is 0.0516.